The minimum atomic E-state index is -0.662. The normalized spacial score (nSPS) is 16.2. The van der Waals surface area contributed by atoms with Crippen LogP contribution in [0.3, 0.4) is 0 Å². The number of benzene rings is 1. The maximum Gasteiger partial charge on any atom is 0.275 e. The Bertz CT molecular complexity index is 1090. The van der Waals surface area contributed by atoms with Gasteiger partial charge >= 0.3 is 0 Å². The fourth-order valence-corrected chi connectivity index (χ4v) is 4.34. The first-order chi connectivity index (χ1) is 15.0. The monoisotopic (exact) mass is 442 g/mol. The van der Waals surface area contributed by atoms with Crippen LogP contribution in [0.2, 0.25) is 0 Å². The van der Waals surface area contributed by atoms with E-state index in [2.05, 4.69) is 20.2 Å². The first-order valence-corrected chi connectivity index (χ1v) is 10.7. The Hall–Kier alpha value is -3.24. The lowest BCUT2D eigenvalue weighted by molar-refractivity contribution is 0.102. The number of nitrogen functional groups attached to an aromatic ring is 1. The molecule has 0 unspecified atom stereocenters. The van der Waals surface area contributed by atoms with Crippen molar-refractivity contribution in [1.29, 1.82) is 0 Å². The molecular formula is C21H23FN6O2S. The molecule has 3 aromatic rings. The lowest BCUT2D eigenvalue weighted by Gasteiger charge is -2.34. The molecule has 0 bridgehead atoms. The fourth-order valence-electron chi connectivity index (χ4n) is 3.81. The predicted octanol–water partition coefficient (Wildman–Crippen LogP) is 3.11. The van der Waals surface area contributed by atoms with Crippen LogP contribution in [0.5, 0.6) is 5.75 Å². The van der Waals surface area contributed by atoms with Gasteiger partial charge in [-0.25, -0.2) is 9.37 Å². The maximum absolute atomic E-state index is 15.8. The molecule has 1 amide bonds. The van der Waals surface area contributed by atoms with Crippen LogP contribution >= 0.6 is 11.3 Å². The Morgan fingerprint density at radius 3 is 3.00 bits per heavy atom. The Kier molecular flexibility index (Phi) is 6.01. The molecule has 0 aliphatic carbocycles. The van der Waals surface area contributed by atoms with Crippen molar-refractivity contribution in [2.45, 2.75) is 18.9 Å². The van der Waals surface area contributed by atoms with E-state index in [4.69, 9.17) is 16.2 Å². The molecule has 1 fully saturated rings. The summed E-state index contributed by atoms with van der Waals surface area (Å²) in [7, 11) is 1.43. The molecule has 31 heavy (non-hydrogen) atoms. The summed E-state index contributed by atoms with van der Waals surface area (Å²) < 4.78 is 21.2. The van der Waals surface area contributed by atoms with Gasteiger partial charge in [0, 0.05) is 48.2 Å². The SMILES string of the molecule is COc1c(N)cc(NC(=O)c2cscn2)c(F)c1-c1cnccc1N1CCC[C@H](N)C1. The quantitative estimate of drug-likeness (QED) is 0.519. The van der Waals surface area contributed by atoms with Gasteiger partial charge in [-0.1, -0.05) is 0 Å². The predicted molar refractivity (Wildman–Crippen MR) is 120 cm³/mol. The van der Waals surface area contributed by atoms with E-state index in [9.17, 15) is 4.79 Å². The third-order valence-electron chi connectivity index (χ3n) is 5.23. The fraction of sp³-hybridized carbons (Fsp3) is 0.286. The summed E-state index contributed by atoms with van der Waals surface area (Å²) in [6.07, 6.45) is 5.11. The summed E-state index contributed by atoms with van der Waals surface area (Å²) in [5.41, 5.74) is 15.6. The maximum atomic E-state index is 15.8. The van der Waals surface area contributed by atoms with E-state index in [0.717, 1.165) is 25.1 Å². The van der Waals surface area contributed by atoms with Crippen LogP contribution in [-0.2, 0) is 0 Å². The number of ether oxygens (including phenoxy) is 1. The van der Waals surface area contributed by atoms with Crippen molar-refractivity contribution in [1.82, 2.24) is 9.97 Å². The summed E-state index contributed by atoms with van der Waals surface area (Å²) in [6, 6.07) is 3.20. The molecule has 0 spiro atoms. The smallest absolute Gasteiger partial charge is 0.275 e. The molecule has 4 rings (SSSR count). The third kappa shape index (κ3) is 4.17. The number of aromatic nitrogens is 2. The summed E-state index contributed by atoms with van der Waals surface area (Å²) in [5, 5.41) is 4.14. The van der Waals surface area contributed by atoms with Crippen molar-refractivity contribution in [2.75, 3.05) is 36.1 Å². The van der Waals surface area contributed by atoms with Crippen molar-refractivity contribution in [3.63, 3.8) is 0 Å². The molecule has 1 aliphatic rings. The minimum Gasteiger partial charge on any atom is -0.494 e. The summed E-state index contributed by atoms with van der Waals surface area (Å²) in [4.78, 5) is 22.7. The van der Waals surface area contributed by atoms with Crippen molar-refractivity contribution in [3.8, 4) is 16.9 Å². The Balaban J connectivity index is 1.81. The van der Waals surface area contributed by atoms with E-state index in [0.29, 0.717) is 12.1 Å². The second-order valence-electron chi connectivity index (χ2n) is 7.30. The molecule has 10 heteroatoms. The van der Waals surface area contributed by atoms with Gasteiger partial charge in [-0.3, -0.25) is 9.78 Å². The zero-order valence-electron chi connectivity index (χ0n) is 17.0. The molecule has 1 aromatic carbocycles. The number of piperidine rings is 1. The topological polar surface area (TPSA) is 119 Å². The zero-order valence-corrected chi connectivity index (χ0v) is 17.8. The molecule has 3 heterocycles. The Labute approximate surface area is 183 Å². The standard InChI is InChI=1S/C21H23FN6O2S/c1-30-20-14(24)7-15(27-21(29)16-10-31-11-26-16)19(22)18(20)13-8-25-5-4-17(13)28-6-2-3-12(23)9-28/h4-5,7-8,10-12H,2-3,6,9,23-24H2,1H3,(H,27,29)/t12-/m0/s1. The van der Waals surface area contributed by atoms with Crippen LogP contribution in [0.15, 0.2) is 35.4 Å². The van der Waals surface area contributed by atoms with E-state index < -0.39 is 11.7 Å². The summed E-state index contributed by atoms with van der Waals surface area (Å²) >= 11 is 1.28. The summed E-state index contributed by atoms with van der Waals surface area (Å²) in [5.74, 6) is -1.01. The number of carbonyl (C=O) groups excluding carboxylic acids is 1. The molecule has 5 N–H and O–H groups in total. The number of anilines is 3. The van der Waals surface area contributed by atoms with Crippen LogP contribution in [-0.4, -0.2) is 42.1 Å². The number of carbonyl (C=O) groups is 1. The van der Waals surface area contributed by atoms with Crippen LogP contribution in [0.25, 0.3) is 11.1 Å². The van der Waals surface area contributed by atoms with Gasteiger partial charge in [0.1, 0.15) is 5.69 Å². The van der Waals surface area contributed by atoms with E-state index in [1.165, 1.54) is 30.0 Å². The van der Waals surface area contributed by atoms with Crippen molar-refractivity contribution in [3.05, 3.63) is 46.9 Å². The van der Waals surface area contributed by atoms with Gasteiger partial charge in [0.05, 0.1) is 29.6 Å². The number of hydrogen-bond acceptors (Lipinski definition) is 8. The number of rotatable bonds is 5. The van der Waals surface area contributed by atoms with Gasteiger partial charge in [0.15, 0.2) is 11.6 Å². The second-order valence-corrected chi connectivity index (χ2v) is 8.02. The van der Waals surface area contributed by atoms with Gasteiger partial charge < -0.3 is 26.4 Å². The Morgan fingerprint density at radius 2 is 2.29 bits per heavy atom. The number of methoxy groups -OCH3 is 1. The van der Waals surface area contributed by atoms with Crippen LogP contribution in [0.1, 0.15) is 23.3 Å². The molecule has 2 aromatic heterocycles. The molecule has 162 valence electrons. The van der Waals surface area contributed by atoms with E-state index in [1.54, 1.807) is 17.8 Å². The van der Waals surface area contributed by atoms with Crippen LogP contribution in [0, 0.1) is 5.82 Å². The highest BCUT2D eigenvalue weighted by Crippen LogP contribution is 2.44. The number of amides is 1. The number of nitrogens with one attached hydrogen (secondary N) is 1. The van der Waals surface area contributed by atoms with Gasteiger partial charge in [0.25, 0.3) is 5.91 Å². The van der Waals surface area contributed by atoms with Crippen molar-refractivity contribution < 1.29 is 13.9 Å². The number of hydrogen-bond donors (Lipinski definition) is 3. The molecule has 1 saturated heterocycles. The average Bonchev–Trinajstić information content (AvgIpc) is 3.31. The average molecular weight is 443 g/mol. The first-order valence-electron chi connectivity index (χ1n) is 9.80. The molecule has 1 atom stereocenters. The number of halogens is 1. The van der Waals surface area contributed by atoms with Gasteiger partial charge in [-0.2, -0.15) is 0 Å². The second kappa shape index (κ2) is 8.86. The van der Waals surface area contributed by atoms with Crippen LogP contribution < -0.4 is 26.4 Å². The van der Waals surface area contributed by atoms with Gasteiger partial charge in [-0.15, -0.1) is 11.3 Å². The van der Waals surface area contributed by atoms with Crippen LogP contribution in [0.4, 0.5) is 21.5 Å². The highest BCUT2D eigenvalue weighted by Gasteiger charge is 2.26. The molecular weight excluding hydrogens is 419 g/mol. The largest absolute Gasteiger partial charge is 0.494 e. The summed E-state index contributed by atoms with van der Waals surface area (Å²) in [6.45, 7) is 1.45. The van der Waals surface area contributed by atoms with Crippen molar-refractivity contribution >= 4 is 34.3 Å². The molecule has 1 aliphatic heterocycles. The van der Waals surface area contributed by atoms with E-state index in [1.807, 2.05) is 6.07 Å². The third-order valence-corrected chi connectivity index (χ3v) is 5.81. The van der Waals surface area contributed by atoms with E-state index in [-0.39, 0.29) is 34.4 Å². The number of pyridine rings is 1. The number of nitrogens with two attached hydrogens (primary N) is 2. The Morgan fingerprint density at radius 1 is 1.45 bits per heavy atom. The lowest BCUT2D eigenvalue weighted by Crippen LogP contribution is -2.43. The molecule has 0 radical (unpaired) electrons. The highest BCUT2D eigenvalue weighted by molar-refractivity contribution is 7.07. The number of thiazole rings is 1. The van der Waals surface area contributed by atoms with E-state index >= 15 is 4.39 Å². The number of nitrogens with zero attached hydrogens (tertiary/aromatic N) is 3. The first kappa shape index (κ1) is 21.0. The lowest BCUT2D eigenvalue weighted by atomic mass is 9.99. The van der Waals surface area contributed by atoms with Gasteiger partial charge in [-0.05, 0) is 25.0 Å². The minimum absolute atomic E-state index is 0.0373. The highest BCUT2D eigenvalue weighted by atomic mass is 32.1. The molecule has 8 nitrogen and oxygen atoms in total. The zero-order chi connectivity index (χ0) is 22.0. The van der Waals surface area contributed by atoms with Gasteiger partial charge in [0.2, 0.25) is 0 Å². The molecule has 0 saturated carbocycles. The van der Waals surface area contributed by atoms with Crippen molar-refractivity contribution in [2.24, 2.45) is 5.73 Å².